The summed E-state index contributed by atoms with van der Waals surface area (Å²) in [5, 5.41) is 0.909. The largest absolute Gasteiger partial charge is 0.491 e. The van der Waals surface area contributed by atoms with Crippen molar-refractivity contribution in [2.24, 2.45) is 0 Å². The molecule has 4 rings (SSSR count). The van der Waals surface area contributed by atoms with Crippen molar-refractivity contribution < 1.29 is 67.0 Å². The molecule has 0 bridgehead atoms. The first kappa shape index (κ1) is 32.7. The number of carbonyl (C=O) groups excluding carboxylic acids is 8. The van der Waals surface area contributed by atoms with E-state index in [1.165, 1.54) is 18.2 Å². The first-order valence-corrected chi connectivity index (χ1v) is 13.9. The monoisotopic (exact) mass is 631 g/mol. The van der Waals surface area contributed by atoms with E-state index in [0.717, 1.165) is 17.1 Å². The lowest BCUT2D eigenvalue weighted by Crippen LogP contribution is -2.32. The minimum atomic E-state index is -0.804. The highest BCUT2D eigenvalue weighted by atomic mass is 16.7. The molecule has 1 aromatic rings. The fraction of sp³-hybridized carbons (Fsp3) is 0.429. The molecule has 45 heavy (non-hydrogen) atoms. The molecule has 0 spiro atoms. The van der Waals surface area contributed by atoms with E-state index in [4.69, 9.17) is 28.6 Å². The van der Waals surface area contributed by atoms with Crippen LogP contribution < -0.4 is 14.4 Å². The van der Waals surface area contributed by atoms with E-state index in [-0.39, 0.29) is 95.4 Å². The summed E-state index contributed by atoms with van der Waals surface area (Å²) in [5.41, 5.74) is 0.187. The lowest BCUT2D eigenvalue weighted by atomic mass is 10.2. The SMILES string of the molecule is O=C(CCOCCOc1cc(OCCOCCC(=O)ON2C(=O)CCC2=O)cc(N2C(=O)C=CC2=O)c1)ON1C(=O)CCC1=O. The number of nitrogens with zero attached hydrogens (tertiary/aromatic N) is 3. The van der Waals surface area contributed by atoms with Gasteiger partial charge >= 0.3 is 11.9 Å². The number of carbonyl (C=O) groups is 8. The summed E-state index contributed by atoms with van der Waals surface area (Å²) in [6.07, 6.45) is 1.79. The van der Waals surface area contributed by atoms with Crippen LogP contribution in [0.5, 0.6) is 11.5 Å². The van der Waals surface area contributed by atoms with Gasteiger partial charge in [-0.25, -0.2) is 14.5 Å². The summed E-state index contributed by atoms with van der Waals surface area (Å²) in [7, 11) is 0. The zero-order chi connectivity index (χ0) is 32.3. The average Bonchev–Trinajstić information content (AvgIpc) is 3.63. The highest BCUT2D eigenvalue weighted by molar-refractivity contribution is 6.28. The van der Waals surface area contributed by atoms with Crippen LogP contribution >= 0.6 is 0 Å². The number of amides is 6. The van der Waals surface area contributed by atoms with Crippen LogP contribution in [0.25, 0.3) is 0 Å². The summed E-state index contributed by atoms with van der Waals surface area (Å²) in [4.78, 5) is 105. The predicted octanol–water partition coefficient (Wildman–Crippen LogP) is -0.0986. The van der Waals surface area contributed by atoms with Crippen molar-refractivity contribution in [3.63, 3.8) is 0 Å². The number of benzene rings is 1. The van der Waals surface area contributed by atoms with Gasteiger partial charge in [0.15, 0.2) is 0 Å². The number of rotatable bonds is 17. The van der Waals surface area contributed by atoms with Gasteiger partial charge in [-0.05, 0) is 0 Å². The first-order chi connectivity index (χ1) is 21.6. The molecule has 3 aliphatic heterocycles. The number of hydrogen-bond donors (Lipinski definition) is 0. The van der Waals surface area contributed by atoms with Gasteiger partial charge in [0.05, 0.1) is 45.0 Å². The van der Waals surface area contributed by atoms with Gasteiger partial charge in [-0.15, -0.1) is 10.1 Å². The van der Waals surface area contributed by atoms with E-state index in [1.807, 2.05) is 0 Å². The van der Waals surface area contributed by atoms with Gasteiger partial charge in [0.1, 0.15) is 24.7 Å². The Hall–Kier alpha value is -5.16. The second kappa shape index (κ2) is 15.5. The summed E-state index contributed by atoms with van der Waals surface area (Å²) < 4.78 is 22.0. The molecule has 17 heteroatoms. The van der Waals surface area contributed by atoms with Crippen molar-refractivity contribution in [1.29, 1.82) is 0 Å². The molecule has 2 fully saturated rings. The molecule has 0 aromatic heterocycles. The number of hydroxylamine groups is 4. The van der Waals surface area contributed by atoms with Gasteiger partial charge < -0.3 is 28.6 Å². The molecule has 2 saturated heterocycles. The molecular formula is C28H29N3O14. The lowest BCUT2D eigenvalue weighted by molar-refractivity contribution is -0.198. The Bertz CT molecular complexity index is 1280. The molecule has 0 aliphatic carbocycles. The van der Waals surface area contributed by atoms with Crippen molar-refractivity contribution >= 4 is 53.1 Å². The summed E-state index contributed by atoms with van der Waals surface area (Å²) >= 11 is 0. The molecule has 240 valence electrons. The van der Waals surface area contributed by atoms with Crippen molar-refractivity contribution in [2.45, 2.75) is 38.5 Å². The van der Waals surface area contributed by atoms with Gasteiger partial charge in [-0.2, -0.15) is 0 Å². The van der Waals surface area contributed by atoms with Gasteiger partial charge in [-0.1, -0.05) is 0 Å². The molecule has 0 N–H and O–H groups in total. The molecule has 0 radical (unpaired) electrons. The quantitative estimate of drug-likeness (QED) is 0.163. The smallest absolute Gasteiger partial charge is 0.335 e. The Kier molecular flexibility index (Phi) is 11.3. The third kappa shape index (κ3) is 9.16. The number of anilines is 1. The van der Waals surface area contributed by atoms with E-state index in [9.17, 15) is 38.4 Å². The van der Waals surface area contributed by atoms with Crippen molar-refractivity contribution in [2.75, 3.05) is 44.5 Å². The summed E-state index contributed by atoms with van der Waals surface area (Å²) in [5.74, 6) is -4.57. The highest BCUT2D eigenvalue weighted by Crippen LogP contribution is 2.30. The molecule has 6 amide bonds. The van der Waals surface area contributed by atoms with Crippen LogP contribution in [-0.4, -0.2) is 97.1 Å². The molecule has 17 nitrogen and oxygen atoms in total. The Morgan fingerprint density at radius 1 is 0.556 bits per heavy atom. The molecular weight excluding hydrogens is 602 g/mol. The Morgan fingerprint density at radius 2 is 0.956 bits per heavy atom. The van der Waals surface area contributed by atoms with E-state index < -0.39 is 47.4 Å². The number of hydrogen-bond acceptors (Lipinski definition) is 14. The Morgan fingerprint density at radius 3 is 1.36 bits per heavy atom. The van der Waals surface area contributed by atoms with Crippen LogP contribution in [0.2, 0.25) is 0 Å². The standard InChI is InChI=1S/C28H29N3O14/c32-21-1-2-22(33)29(21)18-15-19(42-13-11-40-9-7-27(38)44-30-23(34)3-4-24(30)35)17-20(16-18)43-14-12-41-10-8-28(39)45-31-25(36)5-6-26(31)37/h1-2,15-17H,3-14H2. The van der Waals surface area contributed by atoms with Crippen LogP contribution in [0, 0.1) is 0 Å². The van der Waals surface area contributed by atoms with Crippen molar-refractivity contribution in [1.82, 2.24) is 10.1 Å². The van der Waals surface area contributed by atoms with E-state index >= 15 is 0 Å². The van der Waals surface area contributed by atoms with E-state index in [1.54, 1.807) is 0 Å². The minimum Gasteiger partial charge on any atom is -0.491 e. The van der Waals surface area contributed by atoms with E-state index in [0.29, 0.717) is 10.1 Å². The molecule has 3 heterocycles. The molecule has 1 aromatic carbocycles. The highest BCUT2D eigenvalue weighted by Gasteiger charge is 2.33. The van der Waals surface area contributed by atoms with Crippen LogP contribution in [0.1, 0.15) is 38.5 Å². The lowest BCUT2D eigenvalue weighted by Gasteiger charge is -2.18. The zero-order valence-corrected chi connectivity index (χ0v) is 23.9. The topological polar surface area (TPSA) is 202 Å². The Balaban J connectivity index is 1.20. The minimum absolute atomic E-state index is 0.00893. The third-order valence-corrected chi connectivity index (χ3v) is 6.22. The van der Waals surface area contributed by atoms with Crippen LogP contribution in [0.15, 0.2) is 30.4 Å². The summed E-state index contributed by atoms with van der Waals surface area (Å²) in [6.45, 7) is -0.0451. The second-order valence-electron chi connectivity index (χ2n) is 9.52. The first-order valence-electron chi connectivity index (χ1n) is 13.9. The molecule has 3 aliphatic rings. The van der Waals surface area contributed by atoms with Crippen LogP contribution in [0.3, 0.4) is 0 Å². The zero-order valence-electron chi connectivity index (χ0n) is 23.9. The van der Waals surface area contributed by atoms with Gasteiger partial charge in [0.2, 0.25) is 0 Å². The normalized spacial score (nSPS) is 16.3. The van der Waals surface area contributed by atoms with Gasteiger partial charge in [0.25, 0.3) is 35.4 Å². The van der Waals surface area contributed by atoms with Crippen molar-refractivity contribution in [3.05, 3.63) is 30.4 Å². The maximum absolute atomic E-state index is 12.2. The maximum atomic E-state index is 12.2. The van der Waals surface area contributed by atoms with Crippen molar-refractivity contribution in [3.8, 4) is 11.5 Å². The molecule has 0 saturated carbocycles. The van der Waals surface area contributed by atoms with Gasteiger partial charge in [-0.3, -0.25) is 28.8 Å². The predicted molar refractivity (Wildman–Crippen MR) is 144 cm³/mol. The molecule has 0 atom stereocenters. The number of ether oxygens (including phenoxy) is 4. The summed E-state index contributed by atoms with van der Waals surface area (Å²) in [6, 6.07) is 4.41. The number of imide groups is 3. The fourth-order valence-corrected chi connectivity index (χ4v) is 4.07. The Labute approximate surface area is 255 Å². The second-order valence-corrected chi connectivity index (χ2v) is 9.52. The van der Waals surface area contributed by atoms with Gasteiger partial charge in [0, 0.05) is 56.0 Å². The molecule has 0 unspecified atom stereocenters. The fourth-order valence-electron chi connectivity index (χ4n) is 4.07. The van der Waals surface area contributed by atoms with E-state index in [2.05, 4.69) is 0 Å². The average molecular weight is 632 g/mol. The maximum Gasteiger partial charge on any atom is 0.335 e. The third-order valence-electron chi connectivity index (χ3n) is 6.22. The van der Waals surface area contributed by atoms with Crippen LogP contribution in [0.4, 0.5) is 5.69 Å². The van der Waals surface area contributed by atoms with Crippen LogP contribution in [-0.2, 0) is 57.5 Å².